The molecule has 0 saturated carbocycles. The highest BCUT2D eigenvalue weighted by molar-refractivity contribution is 5.78. The maximum Gasteiger partial charge on any atom is 0.308 e. The smallest absolute Gasteiger partial charge is 0.308 e. The summed E-state index contributed by atoms with van der Waals surface area (Å²) in [7, 11) is 0. The summed E-state index contributed by atoms with van der Waals surface area (Å²) in [5, 5.41) is 1.11. The van der Waals surface area contributed by atoms with E-state index < -0.39 is 6.29 Å². The fraction of sp³-hybridized carbons (Fsp3) is 0.371. The van der Waals surface area contributed by atoms with Crippen LogP contribution in [0.3, 0.4) is 0 Å². The van der Waals surface area contributed by atoms with Crippen molar-refractivity contribution < 1.29 is 19.0 Å². The van der Waals surface area contributed by atoms with Crippen LogP contribution < -0.4 is 9.47 Å². The number of ether oxygens (including phenoxy) is 3. The van der Waals surface area contributed by atoms with Gasteiger partial charge < -0.3 is 19.1 Å². The number of hydrogen-bond donors (Lipinski definition) is 0. The molecule has 0 spiro atoms. The number of esters is 1. The molecule has 0 N–H and O–H groups in total. The molecular weight excluding hydrogens is 512 g/mol. The number of likely N-dealkylation sites (tertiary alicyclic amines) is 1. The van der Waals surface area contributed by atoms with Crippen LogP contribution in [0.1, 0.15) is 48.9 Å². The van der Waals surface area contributed by atoms with Gasteiger partial charge in [0.25, 0.3) is 0 Å². The predicted molar refractivity (Wildman–Crippen MR) is 160 cm³/mol. The molecule has 212 valence electrons. The van der Waals surface area contributed by atoms with E-state index >= 15 is 0 Å². The average Bonchev–Trinajstić information content (AvgIpc) is 3.01. The molecule has 6 rings (SSSR count). The Kier molecular flexibility index (Phi) is 8.77. The van der Waals surface area contributed by atoms with Gasteiger partial charge >= 0.3 is 5.97 Å². The van der Waals surface area contributed by atoms with Crippen LogP contribution in [0.5, 0.6) is 11.5 Å². The number of carbonyl (C=O) groups is 1. The van der Waals surface area contributed by atoms with Gasteiger partial charge in [0.1, 0.15) is 18.1 Å². The number of rotatable bonds is 10. The van der Waals surface area contributed by atoms with Gasteiger partial charge in [0, 0.05) is 17.7 Å². The number of fused-ring (bicyclic) bond motifs is 2. The summed E-state index contributed by atoms with van der Waals surface area (Å²) in [6.45, 7) is 3.62. The molecule has 2 unspecified atom stereocenters. The Morgan fingerprint density at radius 3 is 2.63 bits per heavy atom. The number of para-hydroxylation sites is 1. The molecule has 2 aliphatic rings. The van der Waals surface area contributed by atoms with E-state index in [0.717, 1.165) is 72.6 Å². The van der Waals surface area contributed by atoms with Gasteiger partial charge in [0.2, 0.25) is 6.29 Å². The van der Waals surface area contributed by atoms with Crippen LogP contribution in [0.15, 0.2) is 84.9 Å². The van der Waals surface area contributed by atoms with E-state index in [-0.39, 0.29) is 11.9 Å². The maximum atomic E-state index is 12.9. The van der Waals surface area contributed by atoms with Crippen LogP contribution in [0.25, 0.3) is 10.9 Å². The molecular formula is C35H38N2O4. The molecule has 1 fully saturated rings. The first-order chi connectivity index (χ1) is 20.2. The van der Waals surface area contributed by atoms with Gasteiger partial charge in [-0.15, -0.1) is 0 Å². The summed E-state index contributed by atoms with van der Waals surface area (Å²) in [4.78, 5) is 20.0. The van der Waals surface area contributed by atoms with Crippen molar-refractivity contribution in [3.63, 3.8) is 0 Å². The Morgan fingerprint density at radius 2 is 1.76 bits per heavy atom. The van der Waals surface area contributed by atoms with E-state index in [1.165, 1.54) is 24.8 Å². The Labute approximate surface area is 242 Å². The van der Waals surface area contributed by atoms with Crippen LogP contribution >= 0.6 is 0 Å². The Morgan fingerprint density at radius 1 is 0.927 bits per heavy atom. The molecule has 6 heteroatoms. The molecule has 0 bridgehead atoms. The zero-order valence-electron chi connectivity index (χ0n) is 23.5. The topological polar surface area (TPSA) is 60.9 Å². The van der Waals surface area contributed by atoms with E-state index in [9.17, 15) is 4.79 Å². The second kappa shape index (κ2) is 13.2. The number of carbonyl (C=O) groups excluding carboxylic acids is 1. The van der Waals surface area contributed by atoms with Crippen LogP contribution in [0, 0.1) is 5.92 Å². The second-order valence-corrected chi connectivity index (χ2v) is 11.2. The molecule has 41 heavy (non-hydrogen) atoms. The third-order valence-electron chi connectivity index (χ3n) is 8.08. The summed E-state index contributed by atoms with van der Waals surface area (Å²) < 4.78 is 18.4. The summed E-state index contributed by atoms with van der Waals surface area (Å²) >= 11 is 0. The van der Waals surface area contributed by atoms with Crippen molar-refractivity contribution in [2.75, 3.05) is 19.6 Å². The molecule has 2 aliphatic heterocycles. The quantitative estimate of drug-likeness (QED) is 0.204. The predicted octanol–water partition coefficient (Wildman–Crippen LogP) is 6.74. The lowest BCUT2D eigenvalue weighted by molar-refractivity contribution is -0.174. The Hall–Kier alpha value is -3.90. The number of pyridine rings is 1. The van der Waals surface area contributed by atoms with Crippen molar-refractivity contribution in [1.29, 1.82) is 0 Å². The third kappa shape index (κ3) is 7.25. The highest BCUT2D eigenvalue weighted by Crippen LogP contribution is 2.36. The molecule has 1 aromatic heterocycles. The van der Waals surface area contributed by atoms with Gasteiger partial charge in [-0.05, 0) is 93.2 Å². The average molecular weight is 551 g/mol. The minimum Gasteiger partial charge on any atom is -0.487 e. The number of benzene rings is 3. The third-order valence-corrected chi connectivity index (χ3v) is 8.08. The van der Waals surface area contributed by atoms with E-state index in [1.54, 1.807) is 0 Å². The molecule has 3 heterocycles. The van der Waals surface area contributed by atoms with Gasteiger partial charge in [-0.25, -0.2) is 4.98 Å². The fourth-order valence-corrected chi connectivity index (χ4v) is 5.89. The first kappa shape index (κ1) is 27.3. The SMILES string of the molecule is O=C(CCCN1CCCCC1)OC1Oc2ccc(OCc3ccc4ccccc4n3)cc2CC1Cc1ccccc1. The largest absolute Gasteiger partial charge is 0.487 e. The highest BCUT2D eigenvalue weighted by atomic mass is 16.7. The van der Waals surface area contributed by atoms with Crippen molar-refractivity contribution in [1.82, 2.24) is 9.88 Å². The van der Waals surface area contributed by atoms with E-state index in [1.807, 2.05) is 60.7 Å². The second-order valence-electron chi connectivity index (χ2n) is 11.2. The normalized spacial score (nSPS) is 18.8. The Bertz CT molecular complexity index is 1450. The van der Waals surface area contributed by atoms with Gasteiger partial charge in [-0.2, -0.15) is 0 Å². The van der Waals surface area contributed by atoms with Crippen molar-refractivity contribution in [2.24, 2.45) is 5.92 Å². The monoisotopic (exact) mass is 550 g/mol. The Balaban J connectivity index is 1.11. The zero-order chi connectivity index (χ0) is 27.9. The van der Waals surface area contributed by atoms with Crippen molar-refractivity contribution in [2.45, 2.75) is 57.8 Å². The van der Waals surface area contributed by atoms with Crippen molar-refractivity contribution in [3.05, 3.63) is 102 Å². The van der Waals surface area contributed by atoms with E-state index in [2.05, 4.69) is 29.2 Å². The summed E-state index contributed by atoms with van der Waals surface area (Å²) in [5.41, 5.74) is 4.10. The molecule has 2 atom stereocenters. The molecule has 4 aromatic rings. The lowest BCUT2D eigenvalue weighted by atomic mass is 9.89. The van der Waals surface area contributed by atoms with Crippen molar-refractivity contribution in [3.8, 4) is 11.5 Å². The maximum absolute atomic E-state index is 12.9. The van der Waals surface area contributed by atoms with Gasteiger partial charge in [-0.3, -0.25) is 4.79 Å². The van der Waals surface area contributed by atoms with Crippen LogP contribution in [0.4, 0.5) is 0 Å². The van der Waals surface area contributed by atoms with E-state index in [0.29, 0.717) is 13.0 Å². The molecule has 0 amide bonds. The summed E-state index contributed by atoms with van der Waals surface area (Å²) in [6, 6.07) is 28.4. The molecule has 0 aliphatic carbocycles. The van der Waals surface area contributed by atoms with E-state index in [4.69, 9.17) is 19.2 Å². The standard InChI is InChI=1S/C35H38N2O4/c38-34(14-9-21-37-19-7-2-8-20-37)41-35-29(22-26-10-3-1-4-11-26)23-28-24-31(17-18-33(28)40-35)39-25-30-16-15-27-12-5-6-13-32(27)36-30/h1,3-6,10-13,15-18,24,29,35H,2,7-9,14,19-23,25H2. The first-order valence-corrected chi connectivity index (χ1v) is 14.9. The molecule has 1 saturated heterocycles. The fourth-order valence-electron chi connectivity index (χ4n) is 5.89. The van der Waals surface area contributed by atoms with Gasteiger partial charge in [-0.1, -0.05) is 61.0 Å². The summed E-state index contributed by atoms with van der Waals surface area (Å²) in [6.07, 6.45) is 5.95. The van der Waals surface area contributed by atoms with Crippen LogP contribution in [-0.4, -0.2) is 41.8 Å². The van der Waals surface area contributed by atoms with Gasteiger partial charge in [0.05, 0.1) is 11.2 Å². The van der Waals surface area contributed by atoms with Crippen LogP contribution in [-0.2, 0) is 29.0 Å². The van der Waals surface area contributed by atoms with Gasteiger partial charge in [0.15, 0.2) is 0 Å². The first-order valence-electron chi connectivity index (χ1n) is 14.9. The van der Waals surface area contributed by atoms with Crippen LogP contribution in [0.2, 0.25) is 0 Å². The minimum atomic E-state index is -0.612. The molecule has 3 aromatic carbocycles. The zero-order valence-corrected chi connectivity index (χ0v) is 23.5. The number of nitrogens with zero attached hydrogens (tertiary/aromatic N) is 2. The number of aromatic nitrogens is 1. The molecule has 0 radical (unpaired) electrons. The minimum absolute atomic E-state index is 0.00773. The number of piperidine rings is 1. The highest BCUT2D eigenvalue weighted by Gasteiger charge is 2.33. The lowest BCUT2D eigenvalue weighted by Crippen LogP contribution is -2.38. The summed E-state index contributed by atoms with van der Waals surface area (Å²) in [5.74, 6) is 1.34. The van der Waals surface area contributed by atoms with Crippen molar-refractivity contribution >= 4 is 16.9 Å². The number of hydrogen-bond acceptors (Lipinski definition) is 6. The molecule has 6 nitrogen and oxygen atoms in total. The lowest BCUT2D eigenvalue weighted by Gasteiger charge is -2.33.